The van der Waals surface area contributed by atoms with Crippen molar-refractivity contribution >= 4 is 0 Å². The molecule has 4 aromatic rings. The summed E-state index contributed by atoms with van der Waals surface area (Å²) in [6, 6.07) is 8.39. The highest BCUT2D eigenvalue weighted by Crippen LogP contribution is 2.57. The van der Waals surface area contributed by atoms with Crippen molar-refractivity contribution in [2.45, 2.75) is 206 Å². The van der Waals surface area contributed by atoms with Gasteiger partial charge in [0.2, 0.25) is 0 Å². The van der Waals surface area contributed by atoms with Gasteiger partial charge in [-0.05, 0) is 128 Å². The van der Waals surface area contributed by atoms with Gasteiger partial charge < -0.3 is 19.7 Å². The molecule has 2 aliphatic heterocycles. The number of aromatic hydroxyl groups is 2. The molecule has 0 amide bonds. The molecule has 0 saturated heterocycles. The number of allylic oxidation sites excluding steroid dienone is 4. The summed E-state index contributed by atoms with van der Waals surface area (Å²) in [7, 11) is 0. The number of fused-ring (bicyclic) bond motifs is 6. The van der Waals surface area contributed by atoms with E-state index in [2.05, 4.69) is 124 Å². The molecule has 12 nitrogen and oxygen atoms in total. The third-order valence-electron chi connectivity index (χ3n) is 15.1. The van der Waals surface area contributed by atoms with Crippen LogP contribution in [-0.4, -0.2) is 61.8 Å². The summed E-state index contributed by atoms with van der Waals surface area (Å²) in [5.41, 5.74) is 6.29. The van der Waals surface area contributed by atoms with Gasteiger partial charge in [0.05, 0.1) is 13.1 Å². The van der Waals surface area contributed by atoms with E-state index < -0.39 is 0 Å². The maximum absolute atomic E-state index is 11.2. The highest BCUT2D eigenvalue weighted by atomic mass is 16.5. The van der Waals surface area contributed by atoms with Crippen LogP contribution in [0, 0.1) is 11.8 Å². The van der Waals surface area contributed by atoms with Gasteiger partial charge in [0.15, 0.2) is 6.33 Å². The Labute approximate surface area is 382 Å². The summed E-state index contributed by atoms with van der Waals surface area (Å²) in [5.74, 6) is 3.57. The molecule has 0 saturated carbocycles. The Balaban J connectivity index is 0.000000191. The summed E-state index contributed by atoms with van der Waals surface area (Å²) in [5, 5.41) is 46.0. The van der Waals surface area contributed by atoms with Crippen molar-refractivity contribution < 1.29 is 19.7 Å². The molecule has 4 aliphatic rings. The monoisotopic (exact) mass is 877 g/mol. The van der Waals surface area contributed by atoms with Crippen LogP contribution in [0.4, 0.5) is 0 Å². The maximum atomic E-state index is 11.2. The number of nitrogens with zero attached hydrogens (tertiary/aromatic N) is 8. The molecule has 0 fully saturated rings. The Hall–Kier alpha value is -4.74. The van der Waals surface area contributed by atoms with Crippen molar-refractivity contribution in [1.82, 2.24) is 40.4 Å². The Morgan fingerprint density at radius 1 is 0.656 bits per heavy atom. The maximum Gasteiger partial charge on any atom is 0.162 e. The van der Waals surface area contributed by atoms with Gasteiger partial charge in [0.25, 0.3) is 0 Å². The highest BCUT2D eigenvalue weighted by molar-refractivity contribution is 5.55. The van der Waals surface area contributed by atoms with Crippen molar-refractivity contribution in [2.24, 2.45) is 11.8 Å². The Kier molecular flexibility index (Phi) is 14.3. The minimum atomic E-state index is -0.290. The molecule has 4 heterocycles. The van der Waals surface area contributed by atoms with Crippen LogP contribution in [0.15, 0.2) is 60.2 Å². The van der Waals surface area contributed by atoms with Gasteiger partial charge in [-0.1, -0.05) is 116 Å². The van der Waals surface area contributed by atoms with Crippen LogP contribution >= 0.6 is 0 Å². The van der Waals surface area contributed by atoms with E-state index in [0.717, 1.165) is 66.7 Å². The molecule has 348 valence electrons. The number of benzene rings is 2. The number of unbranched alkanes of at least 4 members (excludes halogenated alkanes) is 6. The molecule has 0 radical (unpaired) electrons. The molecule has 0 spiro atoms. The van der Waals surface area contributed by atoms with Crippen LogP contribution in [0.1, 0.15) is 193 Å². The second-order valence-corrected chi connectivity index (χ2v) is 21.6. The number of hydrogen-bond donors (Lipinski definition) is 2. The van der Waals surface area contributed by atoms with E-state index in [1.54, 1.807) is 15.8 Å². The van der Waals surface area contributed by atoms with Crippen LogP contribution in [0.25, 0.3) is 0 Å². The number of tetrazole rings is 2. The van der Waals surface area contributed by atoms with Crippen LogP contribution in [-0.2, 0) is 23.9 Å². The Morgan fingerprint density at radius 2 is 1.16 bits per heavy atom. The molecule has 2 aliphatic carbocycles. The van der Waals surface area contributed by atoms with E-state index in [1.165, 1.54) is 74.4 Å². The van der Waals surface area contributed by atoms with Gasteiger partial charge >= 0.3 is 0 Å². The first-order valence-corrected chi connectivity index (χ1v) is 24.3. The highest BCUT2D eigenvalue weighted by Gasteiger charge is 2.48. The van der Waals surface area contributed by atoms with Gasteiger partial charge in [-0.25, -0.2) is 4.68 Å². The van der Waals surface area contributed by atoms with Crippen molar-refractivity contribution in [1.29, 1.82) is 0 Å². The summed E-state index contributed by atoms with van der Waals surface area (Å²) in [4.78, 5) is 1.63. The number of rotatable bonds is 16. The second kappa shape index (κ2) is 19.4. The van der Waals surface area contributed by atoms with Gasteiger partial charge in [0.1, 0.15) is 40.5 Å². The molecule has 2 aromatic heterocycles. The molecule has 8 rings (SSSR count). The van der Waals surface area contributed by atoms with Crippen molar-refractivity contribution in [2.75, 3.05) is 0 Å². The Morgan fingerprint density at radius 3 is 1.59 bits per heavy atom. The topological polar surface area (TPSA) is 146 Å². The summed E-state index contributed by atoms with van der Waals surface area (Å²) in [6.07, 6.45) is 23.6. The molecule has 4 atom stereocenters. The molecule has 2 N–H and O–H groups in total. The molecule has 2 aromatic carbocycles. The van der Waals surface area contributed by atoms with E-state index in [0.29, 0.717) is 36.4 Å². The zero-order chi connectivity index (χ0) is 45.9. The van der Waals surface area contributed by atoms with E-state index in [1.807, 2.05) is 12.1 Å². The first-order valence-electron chi connectivity index (χ1n) is 24.3. The van der Waals surface area contributed by atoms with E-state index in [-0.39, 0.29) is 33.9 Å². The fourth-order valence-electron chi connectivity index (χ4n) is 11.2. The van der Waals surface area contributed by atoms with Gasteiger partial charge in [-0.3, -0.25) is 0 Å². The second-order valence-electron chi connectivity index (χ2n) is 21.6. The van der Waals surface area contributed by atoms with Crippen molar-refractivity contribution in [3.63, 3.8) is 0 Å². The largest absolute Gasteiger partial charge is 0.508 e. The van der Waals surface area contributed by atoms with E-state index in [4.69, 9.17) is 9.47 Å². The predicted octanol–water partition coefficient (Wildman–Crippen LogP) is 11.8. The van der Waals surface area contributed by atoms with Crippen LogP contribution in [0.2, 0.25) is 0 Å². The predicted molar refractivity (Wildman–Crippen MR) is 252 cm³/mol. The molecule has 12 heteroatoms. The average Bonchev–Trinajstić information content (AvgIpc) is 3.95. The number of phenols is 2. The number of aromatic nitrogens is 8. The average molecular weight is 877 g/mol. The number of ether oxygens (including phenoxy) is 2. The lowest BCUT2D eigenvalue weighted by Crippen LogP contribution is -2.45. The van der Waals surface area contributed by atoms with Crippen LogP contribution in [0.3, 0.4) is 0 Å². The first-order chi connectivity index (χ1) is 30.4. The number of hydrogen-bond acceptors (Lipinski definition) is 10. The summed E-state index contributed by atoms with van der Waals surface area (Å²) >= 11 is 0. The normalized spacial score (nSPS) is 22.0. The van der Waals surface area contributed by atoms with Crippen molar-refractivity contribution in [3.8, 4) is 23.0 Å². The fourth-order valence-corrected chi connectivity index (χ4v) is 11.2. The third-order valence-corrected chi connectivity index (χ3v) is 15.1. The fraction of sp³-hybridized carbons (Fsp3) is 0.654. The molecule has 64 heavy (non-hydrogen) atoms. The summed E-state index contributed by atoms with van der Waals surface area (Å²) < 4.78 is 14.9. The minimum absolute atomic E-state index is 0.000984. The molecule has 2 unspecified atom stereocenters. The van der Waals surface area contributed by atoms with Gasteiger partial charge in [-0.2, -0.15) is 4.80 Å². The third kappa shape index (κ3) is 10.5. The standard InChI is InChI=1S/2C26H38N4O2/c1-6-7-8-9-12-25(2,3)19-14-22(31)24-20-13-18(16-30-17-27-28-29-30)10-11-21(20)26(4,5)32-23(24)15-19;1-6-7-8-9-12-25(2,3)19-14-22(31)24-20-13-18(16-30-28-17-27-29-30)10-11-21(20)26(4,5)32-23(24)15-19/h2*10,14-15,17,20-21,31H,6-9,11-13,16H2,1-5H3/t2*20?,21-/m00/s1. The first kappa shape index (κ1) is 47.2. The van der Waals surface area contributed by atoms with Gasteiger partial charge in [-0.15, -0.1) is 15.3 Å². The lowest BCUT2D eigenvalue weighted by Gasteiger charge is -2.47. The molecular weight excluding hydrogens is 801 g/mol. The lowest BCUT2D eigenvalue weighted by atomic mass is 9.66. The van der Waals surface area contributed by atoms with E-state index in [9.17, 15) is 10.2 Å². The lowest BCUT2D eigenvalue weighted by molar-refractivity contribution is 0.00668. The van der Waals surface area contributed by atoms with Crippen LogP contribution in [0.5, 0.6) is 23.0 Å². The zero-order valence-electron chi connectivity index (χ0n) is 40.5. The SMILES string of the molecule is CCCCCCC(C)(C)c1cc(O)c2c(c1)OC(C)(C)[C@H]1CC=C(Cn3cnnn3)CC21.CCCCCCC(C)(C)c1cc(O)c2c(c1)OC(C)(C)[C@H]1CC=C(Cn3ncnn3)CC21. The summed E-state index contributed by atoms with van der Waals surface area (Å²) in [6.45, 7) is 23.7. The molecular formula is C52H76N8O4. The quantitative estimate of drug-likeness (QED) is 0.0823. The number of phenolic OH excluding ortho intramolecular Hbond substituents is 2. The smallest absolute Gasteiger partial charge is 0.162 e. The zero-order valence-corrected chi connectivity index (χ0v) is 40.5. The van der Waals surface area contributed by atoms with Crippen LogP contribution < -0.4 is 9.47 Å². The van der Waals surface area contributed by atoms with Gasteiger partial charge in [0, 0.05) is 34.8 Å². The minimum Gasteiger partial charge on any atom is -0.508 e. The Bertz CT molecular complexity index is 2080. The van der Waals surface area contributed by atoms with Crippen molar-refractivity contribution in [3.05, 3.63) is 82.5 Å². The molecule has 0 bridgehead atoms. The van der Waals surface area contributed by atoms with E-state index >= 15 is 0 Å².